The molecule has 2 heterocycles. The molecule has 2 aliphatic heterocycles. The van der Waals surface area contributed by atoms with E-state index in [4.69, 9.17) is 0 Å². The minimum atomic E-state index is -0.571. The van der Waals surface area contributed by atoms with Gasteiger partial charge >= 0.3 is 5.97 Å². The first kappa shape index (κ1) is 14.3. The van der Waals surface area contributed by atoms with Gasteiger partial charge in [-0.1, -0.05) is 19.3 Å². The normalized spacial score (nSPS) is 40.2. The Morgan fingerprint density at radius 2 is 1.85 bits per heavy atom. The summed E-state index contributed by atoms with van der Waals surface area (Å²) in [6.45, 7) is 5.76. The Labute approximate surface area is 122 Å². The van der Waals surface area contributed by atoms with Crippen LogP contribution in [0.1, 0.15) is 51.9 Å². The van der Waals surface area contributed by atoms with Gasteiger partial charge in [-0.3, -0.25) is 14.6 Å². The van der Waals surface area contributed by atoms with Crippen LogP contribution < -0.4 is 0 Å². The van der Waals surface area contributed by atoms with E-state index in [1.54, 1.807) is 0 Å². The molecule has 0 bridgehead atoms. The second-order valence-electron chi connectivity index (χ2n) is 6.99. The summed E-state index contributed by atoms with van der Waals surface area (Å²) in [5, 5.41) is 9.60. The third-order valence-corrected chi connectivity index (χ3v) is 5.71. The van der Waals surface area contributed by atoms with Crippen molar-refractivity contribution >= 4 is 5.97 Å². The van der Waals surface area contributed by atoms with E-state index < -0.39 is 5.97 Å². The molecule has 0 aromatic carbocycles. The SMILES string of the molecule is CC1CN2CCCC2CN1C1CCCCCC1C(=O)O. The molecule has 4 unspecified atom stereocenters. The minimum absolute atomic E-state index is 0.145. The van der Waals surface area contributed by atoms with Crippen LogP contribution in [-0.2, 0) is 4.79 Å². The second kappa shape index (κ2) is 6.02. The summed E-state index contributed by atoms with van der Waals surface area (Å²) in [5.41, 5.74) is 0. The molecule has 3 aliphatic rings. The molecule has 3 rings (SSSR count). The summed E-state index contributed by atoms with van der Waals surface area (Å²) in [6.07, 6.45) is 8.06. The monoisotopic (exact) mass is 280 g/mol. The van der Waals surface area contributed by atoms with Crippen molar-refractivity contribution in [3.05, 3.63) is 0 Å². The van der Waals surface area contributed by atoms with Crippen LogP contribution in [-0.4, -0.2) is 58.6 Å². The van der Waals surface area contributed by atoms with Crippen LogP contribution in [0, 0.1) is 5.92 Å². The van der Waals surface area contributed by atoms with Crippen molar-refractivity contribution in [1.29, 1.82) is 0 Å². The average molecular weight is 280 g/mol. The third-order valence-electron chi connectivity index (χ3n) is 5.71. The molecule has 0 aromatic rings. The molecule has 20 heavy (non-hydrogen) atoms. The van der Waals surface area contributed by atoms with Crippen LogP contribution >= 0.6 is 0 Å². The lowest BCUT2D eigenvalue weighted by molar-refractivity contribution is -0.145. The Hall–Kier alpha value is -0.610. The fourth-order valence-electron chi connectivity index (χ4n) is 4.65. The predicted octanol–water partition coefficient (Wildman–Crippen LogP) is 2.19. The number of fused-ring (bicyclic) bond motifs is 1. The van der Waals surface area contributed by atoms with Crippen LogP contribution in [0.2, 0.25) is 0 Å². The number of hydrogen-bond acceptors (Lipinski definition) is 3. The number of carboxylic acid groups (broad SMARTS) is 1. The quantitative estimate of drug-likeness (QED) is 0.788. The standard InChI is InChI=1S/C16H28N2O2/c1-12-10-17-9-5-6-13(17)11-18(12)15-8-4-2-3-7-14(15)16(19)20/h12-15H,2-11H2,1H3,(H,19,20). The van der Waals surface area contributed by atoms with Crippen molar-refractivity contribution in [2.24, 2.45) is 5.92 Å². The fourth-order valence-corrected chi connectivity index (χ4v) is 4.65. The molecular weight excluding hydrogens is 252 g/mol. The highest BCUT2D eigenvalue weighted by Crippen LogP contribution is 2.33. The van der Waals surface area contributed by atoms with Gasteiger partial charge in [0.2, 0.25) is 0 Å². The molecule has 3 fully saturated rings. The summed E-state index contributed by atoms with van der Waals surface area (Å²) in [6, 6.07) is 1.46. The van der Waals surface area contributed by atoms with Crippen molar-refractivity contribution in [3.8, 4) is 0 Å². The van der Waals surface area contributed by atoms with Gasteiger partial charge in [0.25, 0.3) is 0 Å². The zero-order valence-electron chi connectivity index (χ0n) is 12.6. The highest BCUT2D eigenvalue weighted by molar-refractivity contribution is 5.71. The summed E-state index contributed by atoms with van der Waals surface area (Å²) >= 11 is 0. The van der Waals surface area contributed by atoms with E-state index in [0.717, 1.165) is 32.4 Å². The van der Waals surface area contributed by atoms with Gasteiger partial charge in [-0.15, -0.1) is 0 Å². The van der Waals surface area contributed by atoms with Crippen molar-refractivity contribution < 1.29 is 9.90 Å². The third kappa shape index (κ3) is 2.73. The Morgan fingerprint density at radius 3 is 2.65 bits per heavy atom. The maximum atomic E-state index is 11.7. The van der Waals surface area contributed by atoms with Crippen molar-refractivity contribution in [2.75, 3.05) is 19.6 Å². The van der Waals surface area contributed by atoms with Crippen LogP contribution in [0.3, 0.4) is 0 Å². The number of carboxylic acids is 1. The number of nitrogens with zero attached hydrogens (tertiary/aromatic N) is 2. The molecule has 114 valence electrons. The van der Waals surface area contributed by atoms with E-state index >= 15 is 0 Å². The molecule has 1 aliphatic carbocycles. The predicted molar refractivity (Wildman–Crippen MR) is 78.8 cm³/mol. The van der Waals surface area contributed by atoms with E-state index in [9.17, 15) is 9.90 Å². The topological polar surface area (TPSA) is 43.8 Å². The van der Waals surface area contributed by atoms with Gasteiger partial charge < -0.3 is 5.11 Å². The van der Waals surface area contributed by atoms with Crippen molar-refractivity contribution in [3.63, 3.8) is 0 Å². The lowest BCUT2D eigenvalue weighted by Crippen LogP contribution is -2.59. The second-order valence-corrected chi connectivity index (χ2v) is 6.99. The van der Waals surface area contributed by atoms with Gasteiger partial charge in [-0.2, -0.15) is 0 Å². The van der Waals surface area contributed by atoms with Gasteiger partial charge in [-0.25, -0.2) is 0 Å². The lowest BCUT2D eigenvalue weighted by Gasteiger charge is -2.47. The molecule has 0 spiro atoms. The number of hydrogen-bond donors (Lipinski definition) is 1. The number of rotatable bonds is 2. The molecule has 2 saturated heterocycles. The zero-order chi connectivity index (χ0) is 14.1. The first-order valence-corrected chi connectivity index (χ1v) is 8.39. The van der Waals surface area contributed by atoms with E-state index in [-0.39, 0.29) is 12.0 Å². The summed E-state index contributed by atoms with van der Waals surface area (Å²) < 4.78 is 0. The molecule has 1 saturated carbocycles. The van der Waals surface area contributed by atoms with Gasteiger partial charge in [0.15, 0.2) is 0 Å². The summed E-state index contributed by atoms with van der Waals surface area (Å²) in [7, 11) is 0. The number of carbonyl (C=O) groups is 1. The zero-order valence-corrected chi connectivity index (χ0v) is 12.6. The van der Waals surface area contributed by atoms with Gasteiger partial charge in [-0.05, 0) is 39.2 Å². The summed E-state index contributed by atoms with van der Waals surface area (Å²) in [4.78, 5) is 16.8. The fraction of sp³-hybridized carbons (Fsp3) is 0.938. The first-order chi connectivity index (χ1) is 9.66. The number of aliphatic carboxylic acids is 1. The van der Waals surface area contributed by atoms with Crippen LogP contribution in [0.5, 0.6) is 0 Å². The smallest absolute Gasteiger partial charge is 0.308 e. The highest BCUT2D eigenvalue weighted by atomic mass is 16.4. The lowest BCUT2D eigenvalue weighted by atomic mass is 9.90. The maximum Gasteiger partial charge on any atom is 0.308 e. The molecule has 4 nitrogen and oxygen atoms in total. The number of piperazine rings is 1. The van der Waals surface area contributed by atoms with E-state index in [1.165, 1.54) is 32.2 Å². The molecule has 4 atom stereocenters. The van der Waals surface area contributed by atoms with Gasteiger partial charge in [0.1, 0.15) is 0 Å². The molecule has 0 radical (unpaired) electrons. The molecule has 0 amide bonds. The molecular formula is C16H28N2O2. The minimum Gasteiger partial charge on any atom is -0.481 e. The summed E-state index contributed by atoms with van der Waals surface area (Å²) in [5.74, 6) is -0.717. The molecule has 0 aromatic heterocycles. The van der Waals surface area contributed by atoms with Crippen molar-refractivity contribution in [2.45, 2.75) is 70.0 Å². The van der Waals surface area contributed by atoms with E-state index in [0.29, 0.717) is 12.1 Å². The van der Waals surface area contributed by atoms with Crippen molar-refractivity contribution in [1.82, 2.24) is 9.80 Å². The first-order valence-electron chi connectivity index (χ1n) is 8.39. The van der Waals surface area contributed by atoms with Crippen LogP contribution in [0.25, 0.3) is 0 Å². The average Bonchev–Trinajstić information content (AvgIpc) is 2.72. The Morgan fingerprint density at radius 1 is 1.05 bits per heavy atom. The van der Waals surface area contributed by atoms with E-state index in [1.807, 2.05) is 0 Å². The van der Waals surface area contributed by atoms with Gasteiger partial charge in [0, 0.05) is 31.2 Å². The highest BCUT2D eigenvalue weighted by Gasteiger charge is 2.41. The molecule has 1 N–H and O–H groups in total. The Bertz CT molecular complexity index is 360. The maximum absolute atomic E-state index is 11.7. The Kier molecular flexibility index (Phi) is 4.32. The van der Waals surface area contributed by atoms with Crippen LogP contribution in [0.15, 0.2) is 0 Å². The van der Waals surface area contributed by atoms with Crippen LogP contribution in [0.4, 0.5) is 0 Å². The van der Waals surface area contributed by atoms with E-state index in [2.05, 4.69) is 16.7 Å². The largest absolute Gasteiger partial charge is 0.481 e. The molecule has 4 heteroatoms. The van der Waals surface area contributed by atoms with Gasteiger partial charge in [0.05, 0.1) is 5.92 Å². The Balaban J connectivity index is 1.75.